The van der Waals surface area contributed by atoms with E-state index in [0.29, 0.717) is 19.3 Å². The fourth-order valence-electron chi connectivity index (χ4n) is 10.8. The molecular formula is C74H136O6. The third kappa shape index (κ3) is 66.2. The van der Waals surface area contributed by atoms with Crippen molar-refractivity contribution in [3.05, 3.63) is 48.6 Å². The van der Waals surface area contributed by atoms with Gasteiger partial charge in [-0.3, -0.25) is 14.4 Å². The Morgan fingerprint density at radius 3 is 0.762 bits per heavy atom. The molecule has 6 nitrogen and oxygen atoms in total. The summed E-state index contributed by atoms with van der Waals surface area (Å²) in [7, 11) is 0. The molecule has 468 valence electrons. The number of rotatable bonds is 66. The highest BCUT2D eigenvalue weighted by atomic mass is 16.6. The monoisotopic (exact) mass is 1120 g/mol. The minimum atomic E-state index is -0.788. The van der Waals surface area contributed by atoms with E-state index in [-0.39, 0.29) is 31.1 Å². The summed E-state index contributed by atoms with van der Waals surface area (Å²) in [5.41, 5.74) is 0. The average molecular weight is 1120 g/mol. The zero-order valence-electron chi connectivity index (χ0n) is 53.9. The van der Waals surface area contributed by atoms with Crippen LogP contribution in [0.25, 0.3) is 0 Å². The van der Waals surface area contributed by atoms with Crippen LogP contribution in [0.5, 0.6) is 0 Å². The largest absolute Gasteiger partial charge is 0.462 e. The first-order chi connectivity index (χ1) is 39.5. The maximum Gasteiger partial charge on any atom is 0.306 e. The van der Waals surface area contributed by atoms with Crippen LogP contribution >= 0.6 is 0 Å². The zero-order valence-corrected chi connectivity index (χ0v) is 53.9. The van der Waals surface area contributed by atoms with Crippen LogP contribution in [-0.2, 0) is 28.6 Å². The Morgan fingerprint density at radius 1 is 0.263 bits per heavy atom. The third-order valence-electron chi connectivity index (χ3n) is 16.1. The highest BCUT2D eigenvalue weighted by Crippen LogP contribution is 2.19. The van der Waals surface area contributed by atoms with Crippen molar-refractivity contribution in [3.63, 3.8) is 0 Å². The summed E-state index contributed by atoms with van der Waals surface area (Å²) in [6, 6.07) is 0. The second-order valence-corrected chi connectivity index (χ2v) is 24.1. The molecule has 0 bridgehead atoms. The fourth-order valence-corrected chi connectivity index (χ4v) is 10.8. The van der Waals surface area contributed by atoms with Gasteiger partial charge in [0.1, 0.15) is 13.2 Å². The lowest BCUT2D eigenvalue weighted by molar-refractivity contribution is -0.167. The lowest BCUT2D eigenvalue weighted by Crippen LogP contribution is -2.30. The van der Waals surface area contributed by atoms with E-state index in [2.05, 4.69) is 69.4 Å². The Bertz CT molecular complexity index is 1380. The van der Waals surface area contributed by atoms with Crippen molar-refractivity contribution in [2.45, 2.75) is 393 Å². The Labute approximate surface area is 498 Å². The molecule has 0 saturated heterocycles. The van der Waals surface area contributed by atoms with E-state index in [9.17, 15) is 14.4 Å². The smallest absolute Gasteiger partial charge is 0.306 e. The number of esters is 3. The number of carbonyl (C=O) groups excluding carboxylic acids is 3. The van der Waals surface area contributed by atoms with Gasteiger partial charge in [-0.15, -0.1) is 0 Å². The van der Waals surface area contributed by atoms with Gasteiger partial charge in [0.25, 0.3) is 0 Å². The van der Waals surface area contributed by atoms with Crippen molar-refractivity contribution in [2.24, 2.45) is 0 Å². The van der Waals surface area contributed by atoms with Crippen LogP contribution in [0.3, 0.4) is 0 Å². The molecule has 0 aromatic heterocycles. The molecule has 0 amide bonds. The van der Waals surface area contributed by atoms with E-state index in [1.807, 2.05) is 0 Å². The summed E-state index contributed by atoms with van der Waals surface area (Å²) < 4.78 is 16.9. The number of unbranched alkanes of at least 4 members (excludes halogenated alkanes) is 47. The highest BCUT2D eigenvalue weighted by molar-refractivity contribution is 5.71. The summed E-state index contributed by atoms with van der Waals surface area (Å²) in [4.78, 5) is 38.4. The van der Waals surface area contributed by atoms with Gasteiger partial charge in [0.05, 0.1) is 0 Å². The SMILES string of the molecule is CC/C=C\C/C=C\C/C=C\C/C=C\CCCCC(=O)OCC(COC(=O)CCCCCCCCCCCCCCCCCCCCCCCCCCCCCCCCC)OC(=O)CCCCCCCCCCCCCCCCCC. The molecule has 0 N–H and O–H groups in total. The van der Waals surface area contributed by atoms with Crippen molar-refractivity contribution in [1.82, 2.24) is 0 Å². The summed E-state index contributed by atoms with van der Waals surface area (Å²) in [6.45, 7) is 6.56. The van der Waals surface area contributed by atoms with Gasteiger partial charge in [0.2, 0.25) is 0 Å². The van der Waals surface area contributed by atoms with Gasteiger partial charge in [-0.1, -0.05) is 358 Å². The molecule has 1 unspecified atom stereocenters. The fraction of sp³-hybridized carbons (Fsp3) is 0.851. The minimum Gasteiger partial charge on any atom is -0.462 e. The van der Waals surface area contributed by atoms with Crippen molar-refractivity contribution in [3.8, 4) is 0 Å². The minimum absolute atomic E-state index is 0.0811. The quantitative estimate of drug-likeness (QED) is 0.0261. The van der Waals surface area contributed by atoms with Gasteiger partial charge in [-0.05, 0) is 57.8 Å². The standard InChI is InChI=1S/C74H136O6/c1-4-7-10-13-16-19-22-25-28-30-31-32-33-34-35-36-37-38-39-40-41-42-43-44-47-49-52-55-58-61-64-67-73(76)79-70-71(69-78-72(75)66-63-60-57-54-51-48-45-27-24-21-18-15-12-9-6-3)80-74(77)68-65-62-59-56-53-50-46-29-26-23-20-17-14-11-8-5-2/h9,12,18,21,27,45,51,54,71H,4-8,10-11,13-17,19-20,22-26,28-44,46-50,52-53,55-70H2,1-3H3/b12-9-,21-18-,45-27-,54-51-. The molecule has 0 rings (SSSR count). The van der Waals surface area contributed by atoms with Gasteiger partial charge in [-0.2, -0.15) is 0 Å². The van der Waals surface area contributed by atoms with Gasteiger partial charge >= 0.3 is 17.9 Å². The van der Waals surface area contributed by atoms with Crippen LogP contribution in [-0.4, -0.2) is 37.2 Å². The molecule has 0 aliphatic rings. The van der Waals surface area contributed by atoms with Crippen LogP contribution in [0.15, 0.2) is 48.6 Å². The molecule has 0 fully saturated rings. The second-order valence-electron chi connectivity index (χ2n) is 24.1. The van der Waals surface area contributed by atoms with E-state index in [1.54, 1.807) is 0 Å². The first kappa shape index (κ1) is 77.4. The summed E-state index contributed by atoms with van der Waals surface area (Å²) in [5, 5.41) is 0. The maximum absolute atomic E-state index is 12.9. The first-order valence-electron chi connectivity index (χ1n) is 35.6. The molecule has 0 aromatic rings. The third-order valence-corrected chi connectivity index (χ3v) is 16.1. The van der Waals surface area contributed by atoms with E-state index in [4.69, 9.17) is 14.2 Å². The lowest BCUT2D eigenvalue weighted by atomic mass is 10.0. The number of carbonyl (C=O) groups is 3. The molecule has 1 atom stereocenters. The summed E-state index contributed by atoms with van der Waals surface area (Å²) >= 11 is 0. The Kier molecular flexibility index (Phi) is 66.6. The molecule has 0 aliphatic heterocycles. The van der Waals surface area contributed by atoms with E-state index < -0.39 is 6.10 Å². The van der Waals surface area contributed by atoms with Crippen LogP contribution in [0.4, 0.5) is 0 Å². The summed E-state index contributed by atoms with van der Waals surface area (Å²) in [5.74, 6) is -0.898. The number of ether oxygens (including phenoxy) is 3. The van der Waals surface area contributed by atoms with Crippen molar-refractivity contribution in [1.29, 1.82) is 0 Å². The molecule has 6 heteroatoms. The van der Waals surface area contributed by atoms with Gasteiger partial charge in [0.15, 0.2) is 6.10 Å². The summed E-state index contributed by atoms with van der Waals surface area (Å²) in [6.07, 6.45) is 87.4. The lowest BCUT2D eigenvalue weighted by Gasteiger charge is -2.18. The molecule has 0 aromatic carbocycles. The molecule has 80 heavy (non-hydrogen) atoms. The molecule has 0 heterocycles. The average Bonchev–Trinajstić information content (AvgIpc) is 3.46. The van der Waals surface area contributed by atoms with Crippen LogP contribution < -0.4 is 0 Å². The predicted molar refractivity (Wildman–Crippen MR) is 349 cm³/mol. The second kappa shape index (κ2) is 68.9. The predicted octanol–water partition coefficient (Wildman–Crippen LogP) is 24.5. The molecular weight excluding hydrogens is 985 g/mol. The Balaban J connectivity index is 4.17. The zero-order chi connectivity index (χ0) is 57.8. The van der Waals surface area contributed by atoms with Crippen molar-refractivity contribution in [2.75, 3.05) is 13.2 Å². The molecule has 0 saturated carbocycles. The van der Waals surface area contributed by atoms with E-state index >= 15 is 0 Å². The molecule has 0 spiro atoms. The van der Waals surface area contributed by atoms with E-state index in [1.165, 1.54) is 263 Å². The number of hydrogen-bond acceptors (Lipinski definition) is 6. The van der Waals surface area contributed by atoms with Crippen molar-refractivity contribution < 1.29 is 28.6 Å². The Morgan fingerprint density at radius 2 is 0.487 bits per heavy atom. The number of allylic oxidation sites excluding steroid dienone is 8. The van der Waals surface area contributed by atoms with Crippen LogP contribution in [0.2, 0.25) is 0 Å². The van der Waals surface area contributed by atoms with E-state index in [0.717, 1.165) is 83.5 Å². The highest BCUT2D eigenvalue weighted by Gasteiger charge is 2.19. The normalized spacial score (nSPS) is 12.3. The first-order valence-corrected chi connectivity index (χ1v) is 35.6. The molecule has 0 aliphatic carbocycles. The van der Waals surface area contributed by atoms with Gasteiger partial charge in [-0.25, -0.2) is 0 Å². The van der Waals surface area contributed by atoms with Crippen LogP contribution in [0.1, 0.15) is 387 Å². The number of hydrogen-bond donors (Lipinski definition) is 0. The topological polar surface area (TPSA) is 78.9 Å². The molecule has 0 radical (unpaired) electrons. The Hall–Kier alpha value is -2.63. The van der Waals surface area contributed by atoms with Crippen molar-refractivity contribution >= 4 is 17.9 Å². The van der Waals surface area contributed by atoms with Crippen LogP contribution in [0, 0.1) is 0 Å². The van der Waals surface area contributed by atoms with Gasteiger partial charge in [0, 0.05) is 19.3 Å². The van der Waals surface area contributed by atoms with Gasteiger partial charge < -0.3 is 14.2 Å². The maximum atomic E-state index is 12.9.